The van der Waals surface area contributed by atoms with Gasteiger partial charge in [0.1, 0.15) is 0 Å². The number of hydrogen-bond donors (Lipinski definition) is 3. The number of aliphatic hydroxyl groups excluding tert-OH is 2. The van der Waals surface area contributed by atoms with Gasteiger partial charge in [0.05, 0.1) is 7.11 Å². The Hall–Kier alpha value is -2.70. The van der Waals surface area contributed by atoms with Gasteiger partial charge in [-0.1, -0.05) is 60.7 Å². The number of carbonyl (C=O) groups is 2. The molecular weight excluding hydrogens is 310 g/mol. The van der Waals surface area contributed by atoms with Crippen LogP contribution in [-0.4, -0.2) is 36.2 Å². The van der Waals surface area contributed by atoms with Crippen molar-refractivity contribution in [2.75, 3.05) is 14.2 Å². The zero-order chi connectivity index (χ0) is 17.9. The predicted octanol–water partition coefficient (Wildman–Crippen LogP) is 1.36. The van der Waals surface area contributed by atoms with Crippen molar-refractivity contribution in [3.63, 3.8) is 0 Å². The first kappa shape index (κ1) is 19.3. The van der Waals surface area contributed by atoms with Crippen molar-refractivity contribution in [2.24, 2.45) is 0 Å². The molecule has 6 heteroatoms. The predicted molar refractivity (Wildman–Crippen MR) is 88.9 cm³/mol. The van der Waals surface area contributed by atoms with Crippen LogP contribution in [-0.2, 0) is 14.3 Å². The van der Waals surface area contributed by atoms with E-state index in [1.54, 1.807) is 48.5 Å². The number of esters is 1. The van der Waals surface area contributed by atoms with Crippen LogP contribution in [0.4, 0.5) is 0 Å². The number of carbonyl (C=O) groups excluding carboxylic acids is 2. The summed E-state index contributed by atoms with van der Waals surface area (Å²) in [6, 6.07) is 17.5. The first-order valence-electron chi connectivity index (χ1n) is 7.26. The highest BCUT2D eigenvalue weighted by molar-refractivity contribution is 5.81. The minimum atomic E-state index is -1.17. The Morgan fingerprint density at radius 3 is 1.67 bits per heavy atom. The highest BCUT2D eigenvalue weighted by Gasteiger charge is 2.16. The molecule has 2 aromatic rings. The van der Waals surface area contributed by atoms with Gasteiger partial charge < -0.3 is 20.3 Å². The van der Waals surface area contributed by atoms with E-state index < -0.39 is 18.2 Å². The Balaban J connectivity index is 0.000000240. The maximum atomic E-state index is 11.0. The Morgan fingerprint density at radius 1 is 0.875 bits per heavy atom. The van der Waals surface area contributed by atoms with Crippen LogP contribution in [0.5, 0.6) is 0 Å². The second kappa shape index (κ2) is 10.1. The van der Waals surface area contributed by atoms with Gasteiger partial charge in [-0.3, -0.25) is 4.79 Å². The minimum Gasteiger partial charge on any atom is -0.467 e. The number of amides is 1. The number of likely N-dealkylation sites (N-methyl/N-ethyl adjacent to an activating group) is 1. The van der Waals surface area contributed by atoms with Gasteiger partial charge >= 0.3 is 5.97 Å². The van der Waals surface area contributed by atoms with Gasteiger partial charge in [-0.05, 0) is 11.1 Å². The van der Waals surface area contributed by atoms with E-state index >= 15 is 0 Å². The molecule has 0 saturated heterocycles. The van der Waals surface area contributed by atoms with Crippen molar-refractivity contribution in [1.29, 1.82) is 0 Å². The molecule has 0 aliphatic carbocycles. The van der Waals surface area contributed by atoms with Crippen molar-refractivity contribution in [1.82, 2.24) is 5.32 Å². The third kappa shape index (κ3) is 5.83. The average molecular weight is 331 g/mol. The Kier molecular flexibility index (Phi) is 8.18. The van der Waals surface area contributed by atoms with E-state index in [9.17, 15) is 19.8 Å². The lowest BCUT2D eigenvalue weighted by atomic mass is 10.1. The van der Waals surface area contributed by atoms with Crippen LogP contribution in [0.3, 0.4) is 0 Å². The zero-order valence-electron chi connectivity index (χ0n) is 13.5. The first-order chi connectivity index (χ1) is 11.5. The molecule has 0 heterocycles. The van der Waals surface area contributed by atoms with Gasteiger partial charge in [-0.15, -0.1) is 0 Å². The monoisotopic (exact) mass is 331 g/mol. The van der Waals surface area contributed by atoms with Gasteiger partial charge in [-0.2, -0.15) is 0 Å². The standard InChI is InChI=1S/C9H11NO2.C9H10O3/c1-10-9(12)8(11)7-5-3-2-4-6-7;1-12-9(11)8(10)7-5-3-2-4-6-7/h2-6,8,11H,1H3,(H,10,12);2-6,8,10H,1H3/t2*8-/m00/s1. The molecule has 0 spiro atoms. The molecule has 24 heavy (non-hydrogen) atoms. The second-order valence-corrected chi connectivity index (χ2v) is 4.76. The third-order valence-corrected chi connectivity index (χ3v) is 3.15. The number of methoxy groups -OCH3 is 1. The van der Waals surface area contributed by atoms with Crippen LogP contribution in [0.1, 0.15) is 23.3 Å². The number of aliphatic hydroxyl groups is 2. The Bertz CT molecular complexity index is 573. The number of hydrogen-bond acceptors (Lipinski definition) is 5. The summed E-state index contributed by atoms with van der Waals surface area (Å²) in [6.07, 6.45) is -2.23. The number of ether oxygens (including phenoxy) is 1. The van der Waals surface area contributed by atoms with Crippen LogP contribution < -0.4 is 5.32 Å². The van der Waals surface area contributed by atoms with Crippen LogP contribution in [0, 0.1) is 0 Å². The summed E-state index contributed by atoms with van der Waals surface area (Å²) in [5.74, 6) is -1.03. The van der Waals surface area contributed by atoms with Gasteiger partial charge in [0.25, 0.3) is 5.91 Å². The van der Waals surface area contributed by atoms with Crippen molar-refractivity contribution < 1.29 is 24.5 Å². The fourth-order valence-corrected chi connectivity index (χ4v) is 1.81. The number of nitrogens with one attached hydrogen (secondary N) is 1. The molecule has 0 saturated carbocycles. The minimum absolute atomic E-state index is 0.388. The molecule has 0 aromatic heterocycles. The maximum Gasteiger partial charge on any atom is 0.339 e. The Labute approximate surface area is 140 Å². The molecule has 2 rings (SSSR count). The molecule has 2 atom stereocenters. The van der Waals surface area contributed by atoms with Gasteiger partial charge in [0.15, 0.2) is 12.2 Å². The highest BCUT2D eigenvalue weighted by atomic mass is 16.5. The summed E-state index contributed by atoms with van der Waals surface area (Å²) in [5.41, 5.74) is 1.15. The zero-order valence-corrected chi connectivity index (χ0v) is 13.5. The SMILES string of the molecule is CNC(=O)[C@@H](O)c1ccccc1.COC(=O)[C@@H](O)c1ccccc1. The summed E-state index contributed by atoms with van der Waals surface area (Å²) in [7, 11) is 2.74. The molecule has 6 nitrogen and oxygen atoms in total. The molecule has 0 aliphatic rings. The second-order valence-electron chi connectivity index (χ2n) is 4.76. The normalized spacial score (nSPS) is 12.2. The first-order valence-corrected chi connectivity index (χ1v) is 7.26. The lowest BCUT2D eigenvalue weighted by molar-refractivity contribution is -0.150. The molecular formula is C18H21NO5. The van der Waals surface area contributed by atoms with Gasteiger partial charge in [0, 0.05) is 7.05 Å². The quantitative estimate of drug-likeness (QED) is 0.735. The lowest BCUT2D eigenvalue weighted by Crippen LogP contribution is -2.25. The third-order valence-electron chi connectivity index (χ3n) is 3.15. The van der Waals surface area contributed by atoms with Crippen LogP contribution >= 0.6 is 0 Å². The van der Waals surface area contributed by atoms with E-state index in [2.05, 4.69) is 10.1 Å². The van der Waals surface area contributed by atoms with E-state index in [-0.39, 0.29) is 5.91 Å². The highest BCUT2D eigenvalue weighted by Crippen LogP contribution is 2.12. The van der Waals surface area contributed by atoms with Crippen LogP contribution in [0.2, 0.25) is 0 Å². The van der Waals surface area contributed by atoms with Crippen LogP contribution in [0.15, 0.2) is 60.7 Å². The number of benzene rings is 2. The fourth-order valence-electron chi connectivity index (χ4n) is 1.81. The van der Waals surface area contributed by atoms with Crippen LogP contribution in [0.25, 0.3) is 0 Å². The van der Waals surface area contributed by atoms with E-state index in [4.69, 9.17) is 0 Å². The molecule has 0 radical (unpaired) electrons. The van der Waals surface area contributed by atoms with Gasteiger partial charge in [-0.25, -0.2) is 4.79 Å². The Morgan fingerprint density at radius 2 is 1.29 bits per heavy atom. The summed E-state index contributed by atoms with van der Waals surface area (Å²) >= 11 is 0. The topological polar surface area (TPSA) is 95.9 Å². The summed E-state index contributed by atoms with van der Waals surface area (Å²) in [5, 5.41) is 21.1. The fraction of sp³-hybridized carbons (Fsp3) is 0.222. The molecule has 2 aromatic carbocycles. The molecule has 128 valence electrons. The molecule has 0 fully saturated rings. The molecule has 0 unspecified atom stereocenters. The maximum absolute atomic E-state index is 11.0. The van der Waals surface area contributed by atoms with Crippen molar-refractivity contribution in [2.45, 2.75) is 12.2 Å². The van der Waals surface area contributed by atoms with E-state index in [0.717, 1.165) is 0 Å². The van der Waals surface area contributed by atoms with Crippen molar-refractivity contribution in [3.8, 4) is 0 Å². The van der Waals surface area contributed by atoms with E-state index in [1.165, 1.54) is 14.2 Å². The molecule has 0 aliphatic heterocycles. The smallest absolute Gasteiger partial charge is 0.339 e. The average Bonchev–Trinajstić information content (AvgIpc) is 2.67. The summed E-state index contributed by atoms with van der Waals surface area (Å²) in [4.78, 5) is 21.8. The molecule has 1 amide bonds. The van der Waals surface area contributed by atoms with Crippen molar-refractivity contribution in [3.05, 3.63) is 71.8 Å². The molecule has 3 N–H and O–H groups in total. The van der Waals surface area contributed by atoms with Crippen molar-refractivity contribution >= 4 is 11.9 Å². The lowest BCUT2D eigenvalue weighted by Gasteiger charge is -2.07. The largest absolute Gasteiger partial charge is 0.467 e. The summed E-state index contributed by atoms with van der Waals surface area (Å²) in [6.45, 7) is 0. The number of rotatable bonds is 4. The van der Waals surface area contributed by atoms with E-state index in [0.29, 0.717) is 11.1 Å². The van der Waals surface area contributed by atoms with Gasteiger partial charge in [0.2, 0.25) is 0 Å². The molecule has 0 bridgehead atoms. The summed E-state index contributed by atoms with van der Waals surface area (Å²) < 4.78 is 4.38. The van der Waals surface area contributed by atoms with E-state index in [1.807, 2.05) is 12.1 Å².